The SMILES string of the molecule is CCOC(=O)[C@H]1O[C@@H]1C(=O)NCC(=O)N1CCN(c2ccccc2Cl)CC1. The minimum atomic E-state index is -0.867. The Bertz CT molecular complexity index is 721. The summed E-state index contributed by atoms with van der Waals surface area (Å²) in [4.78, 5) is 39.5. The van der Waals surface area contributed by atoms with Crippen molar-refractivity contribution in [3.8, 4) is 0 Å². The highest BCUT2D eigenvalue weighted by molar-refractivity contribution is 6.33. The third kappa shape index (κ3) is 4.70. The van der Waals surface area contributed by atoms with E-state index in [4.69, 9.17) is 21.1 Å². The Morgan fingerprint density at radius 1 is 1.19 bits per heavy atom. The van der Waals surface area contributed by atoms with E-state index >= 15 is 0 Å². The van der Waals surface area contributed by atoms with E-state index < -0.39 is 24.1 Å². The van der Waals surface area contributed by atoms with Gasteiger partial charge in [-0.15, -0.1) is 0 Å². The largest absolute Gasteiger partial charge is 0.464 e. The van der Waals surface area contributed by atoms with Crippen molar-refractivity contribution in [2.75, 3.05) is 44.2 Å². The first kappa shape index (κ1) is 19.4. The fourth-order valence-corrected chi connectivity index (χ4v) is 3.25. The third-order valence-electron chi connectivity index (χ3n) is 4.51. The summed E-state index contributed by atoms with van der Waals surface area (Å²) in [6.07, 6.45) is -1.73. The van der Waals surface area contributed by atoms with Gasteiger partial charge in [0, 0.05) is 26.2 Å². The predicted octanol–water partition coefficient (Wildman–Crippen LogP) is 0.435. The van der Waals surface area contributed by atoms with E-state index in [2.05, 4.69) is 10.2 Å². The Morgan fingerprint density at radius 2 is 1.89 bits per heavy atom. The highest BCUT2D eigenvalue weighted by atomic mass is 35.5. The second-order valence-electron chi connectivity index (χ2n) is 6.27. The normalized spacial score (nSPS) is 21.6. The van der Waals surface area contributed by atoms with Gasteiger partial charge in [-0.3, -0.25) is 9.59 Å². The minimum absolute atomic E-state index is 0.125. The number of ether oxygens (including phenoxy) is 2. The van der Waals surface area contributed by atoms with Crippen molar-refractivity contribution in [3.05, 3.63) is 29.3 Å². The summed E-state index contributed by atoms with van der Waals surface area (Å²) in [6, 6.07) is 7.60. The number of halogens is 1. The lowest BCUT2D eigenvalue weighted by molar-refractivity contribution is -0.144. The van der Waals surface area contributed by atoms with Gasteiger partial charge >= 0.3 is 5.97 Å². The molecule has 1 aromatic rings. The van der Waals surface area contributed by atoms with Gasteiger partial charge < -0.3 is 24.6 Å². The number of hydrogen-bond acceptors (Lipinski definition) is 6. The molecule has 2 atom stereocenters. The molecule has 0 aromatic heterocycles. The van der Waals surface area contributed by atoms with E-state index in [0.29, 0.717) is 31.2 Å². The van der Waals surface area contributed by atoms with Crippen LogP contribution in [0.1, 0.15) is 6.92 Å². The van der Waals surface area contributed by atoms with Gasteiger partial charge in [0.15, 0.2) is 12.2 Å². The average molecular weight is 396 g/mol. The van der Waals surface area contributed by atoms with Crippen LogP contribution >= 0.6 is 11.6 Å². The maximum absolute atomic E-state index is 12.3. The monoisotopic (exact) mass is 395 g/mol. The van der Waals surface area contributed by atoms with Gasteiger partial charge in [-0.25, -0.2) is 4.79 Å². The van der Waals surface area contributed by atoms with Gasteiger partial charge in [0.2, 0.25) is 5.91 Å². The van der Waals surface area contributed by atoms with Crippen LogP contribution in [0.15, 0.2) is 24.3 Å². The maximum Gasteiger partial charge on any atom is 0.338 e. The minimum Gasteiger partial charge on any atom is -0.464 e. The lowest BCUT2D eigenvalue weighted by Crippen LogP contribution is -2.51. The van der Waals surface area contributed by atoms with Crippen LogP contribution in [-0.4, -0.2) is 74.2 Å². The lowest BCUT2D eigenvalue weighted by atomic mass is 10.2. The first-order valence-electron chi connectivity index (χ1n) is 8.88. The number of rotatable bonds is 6. The van der Waals surface area contributed by atoms with E-state index in [1.807, 2.05) is 24.3 Å². The molecule has 9 heteroatoms. The van der Waals surface area contributed by atoms with Crippen molar-refractivity contribution >= 4 is 35.1 Å². The van der Waals surface area contributed by atoms with E-state index in [1.54, 1.807) is 11.8 Å². The highest BCUT2D eigenvalue weighted by Gasteiger charge is 2.51. The van der Waals surface area contributed by atoms with Crippen LogP contribution in [0.4, 0.5) is 5.69 Å². The fraction of sp³-hybridized carbons (Fsp3) is 0.500. The molecule has 2 fully saturated rings. The Morgan fingerprint density at radius 3 is 2.56 bits per heavy atom. The molecule has 8 nitrogen and oxygen atoms in total. The van der Waals surface area contributed by atoms with Gasteiger partial charge in [-0.2, -0.15) is 0 Å². The number of piperazine rings is 1. The van der Waals surface area contributed by atoms with Crippen LogP contribution < -0.4 is 10.2 Å². The number of anilines is 1. The zero-order valence-electron chi connectivity index (χ0n) is 15.0. The van der Waals surface area contributed by atoms with Crippen molar-refractivity contribution in [1.29, 1.82) is 0 Å². The molecule has 2 aliphatic heterocycles. The molecule has 0 saturated carbocycles. The zero-order chi connectivity index (χ0) is 19.4. The molecular weight excluding hydrogens is 374 g/mol. The summed E-state index contributed by atoms with van der Waals surface area (Å²) in [5.41, 5.74) is 0.954. The summed E-state index contributed by atoms with van der Waals surface area (Å²) in [7, 11) is 0. The molecule has 146 valence electrons. The van der Waals surface area contributed by atoms with Gasteiger partial charge in [0.1, 0.15) is 0 Å². The number of nitrogens with zero attached hydrogens (tertiary/aromatic N) is 2. The van der Waals surface area contributed by atoms with Crippen molar-refractivity contribution in [2.24, 2.45) is 0 Å². The number of esters is 1. The topological polar surface area (TPSA) is 91.5 Å². The van der Waals surface area contributed by atoms with Crippen molar-refractivity contribution in [1.82, 2.24) is 10.2 Å². The van der Waals surface area contributed by atoms with Crippen LogP contribution in [0.25, 0.3) is 0 Å². The first-order valence-corrected chi connectivity index (χ1v) is 9.26. The quantitative estimate of drug-likeness (QED) is 0.555. The van der Waals surface area contributed by atoms with Gasteiger partial charge in [0.25, 0.3) is 5.91 Å². The van der Waals surface area contributed by atoms with Gasteiger partial charge in [-0.1, -0.05) is 23.7 Å². The molecule has 2 aliphatic rings. The number of hydrogen-bond donors (Lipinski definition) is 1. The molecule has 0 aliphatic carbocycles. The second kappa shape index (κ2) is 8.58. The number of benzene rings is 1. The molecule has 2 saturated heterocycles. The number of amides is 2. The molecule has 1 N–H and O–H groups in total. The maximum atomic E-state index is 12.3. The number of para-hydroxylation sites is 1. The molecule has 0 spiro atoms. The molecule has 0 bridgehead atoms. The summed E-state index contributed by atoms with van der Waals surface area (Å²) in [5.74, 6) is -1.20. The number of nitrogens with one attached hydrogen (secondary N) is 1. The van der Waals surface area contributed by atoms with Crippen molar-refractivity contribution in [2.45, 2.75) is 19.1 Å². The molecule has 2 heterocycles. The summed E-state index contributed by atoms with van der Waals surface area (Å²) >= 11 is 6.22. The third-order valence-corrected chi connectivity index (χ3v) is 4.83. The molecule has 0 radical (unpaired) electrons. The van der Waals surface area contributed by atoms with E-state index in [-0.39, 0.29) is 19.1 Å². The van der Waals surface area contributed by atoms with E-state index in [1.165, 1.54) is 0 Å². The Labute approximate surface area is 162 Å². The summed E-state index contributed by atoms with van der Waals surface area (Å²) in [5, 5.41) is 3.21. The number of carbonyl (C=O) groups is 3. The van der Waals surface area contributed by atoms with Crippen LogP contribution in [0.5, 0.6) is 0 Å². The van der Waals surface area contributed by atoms with Gasteiger partial charge in [0.05, 0.1) is 23.9 Å². The highest BCUT2D eigenvalue weighted by Crippen LogP contribution is 2.26. The van der Waals surface area contributed by atoms with Crippen LogP contribution in [0.3, 0.4) is 0 Å². The molecule has 0 unspecified atom stereocenters. The molecular formula is C18H22ClN3O5. The fourth-order valence-electron chi connectivity index (χ4n) is 3.00. The first-order chi connectivity index (χ1) is 13.0. The van der Waals surface area contributed by atoms with Crippen LogP contribution in [0.2, 0.25) is 5.02 Å². The lowest BCUT2D eigenvalue weighted by Gasteiger charge is -2.36. The number of carbonyl (C=O) groups excluding carboxylic acids is 3. The van der Waals surface area contributed by atoms with E-state index in [0.717, 1.165) is 5.69 Å². The standard InChI is InChI=1S/C18H22ClN3O5/c1-2-26-18(25)16-15(27-16)17(24)20-11-14(23)22-9-7-21(8-10-22)13-6-4-3-5-12(13)19/h3-6,15-16H,2,7-11H2,1H3,(H,20,24)/t15-,16-/m0/s1. The van der Waals surface area contributed by atoms with Crippen LogP contribution in [-0.2, 0) is 23.9 Å². The Kier molecular flexibility index (Phi) is 6.18. The summed E-state index contributed by atoms with van der Waals surface area (Å²) < 4.78 is 9.80. The average Bonchev–Trinajstić information content (AvgIpc) is 3.48. The Hall–Kier alpha value is -2.32. The molecule has 3 rings (SSSR count). The van der Waals surface area contributed by atoms with Gasteiger partial charge in [-0.05, 0) is 19.1 Å². The second-order valence-corrected chi connectivity index (χ2v) is 6.67. The molecule has 27 heavy (non-hydrogen) atoms. The van der Waals surface area contributed by atoms with E-state index in [9.17, 15) is 14.4 Å². The van der Waals surface area contributed by atoms with Crippen LogP contribution in [0, 0.1) is 0 Å². The smallest absolute Gasteiger partial charge is 0.338 e. The summed E-state index contributed by atoms with van der Waals surface area (Å²) in [6.45, 7) is 4.21. The Balaban J connectivity index is 1.41. The van der Waals surface area contributed by atoms with Crippen molar-refractivity contribution in [3.63, 3.8) is 0 Å². The number of epoxide rings is 1. The molecule has 2 amide bonds. The predicted molar refractivity (Wildman–Crippen MR) is 98.5 cm³/mol. The molecule has 1 aromatic carbocycles. The zero-order valence-corrected chi connectivity index (χ0v) is 15.8. The van der Waals surface area contributed by atoms with Crippen molar-refractivity contribution < 1.29 is 23.9 Å².